The van der Waals surface area contributed by atoms with Crippen LogP contribution in [0.15, 0.2) is 141 Å². The van der Waals surface area contributed by atoms with Crippen LogP contribution in [0.2, 0.25) is 0 Å². The van der Waals surface area contributed by atoms with E-state index in [0.29, 0.717) is 22.9 Å². The smallest absolute Gasteiger partial charge is 0.164 e. The van der Waals surface area contributed by atoms with Crippen molar-refractivity contribution in [1.82, 2.24) is 29.9 Å². The van der Waals surface area contributed by atoms with Gasteiger partial charge in [-0.2, -0.15) is 0 Å². The Bertz CT molecular complexity index is 2640. The van der Waals surface area contributed by atoms with Crippen molar-refractivity contribution < 1.29 is 0 Å². The lowest BCUT2D eigenvalue weighted by atomic mass is 10.1. The lowest BCUT2D eigenvalue weighted by Gasteiger charge is -2.15. The summed E-state index contributed by atoms with van der Waals surface area (Å²) in [7, 11) is 8.17. The highest BCUT2D eigenvalue weighted by Gasteiger charge is 2.13. The van der Waals surface area contributed by atoms with Crippen molar-refractivity contribution in [1.29, 1.82) is 0 Å². The number of benzene rings is 4. The van der Waals surface area contributed by atoms with E-state index < -0.39 is 0 Å². The number of nitrogens with one attached hydrogen (secondary N) is 2. The summed E-state index contributed by atoms with van der Waals surface area (Å²) in [6, 6.07) is 37.5. The fraction of sp³-hybridized carbons (Fsp3) is 0.130. The van der Waals surface area contributed by atoms with Crippen LogP contribution in [0.3, 0.4) is 0 Å². The van der Waals surface area contributed by atoms with Gasteiger partial charge in [-0.1, -0.05) is 35.4 Å². The van der Waals surface area contributed by atoms with Gasteiger partial charge in [0.2, 0.25) is 0 Å². The molecule has 0 atom stereocenters. The van der Waals surface area contributed by atoms with Gasteiger partial charge in [0.25, 0.3) is 0 Å². The van der Waals surface area contributed by atoms with Gasteiger partial charge in [0.05, 0.1) is 22.1 Å². The second kappa shape index (κ2) is 16.8. The summed E-state index contributed by atoms with van der Waals surface area (Å²) < 4.78 is 0. The van der Waals surface area contributed by atoms with Crippen molar-refractivity contribution in [2.24, 2.45) is 0 Å². The molecule has 58 heavy (non-hydrogen) atoms. The molecule has 8 rings (SSSR count). The van der Waals surface area contributed by atoms with E-state index in [4.69, 9.17) is 0 Å². The molecule has 10 nitrogen and oxygen atoms in total. The van der Waals surface area contributed by atoms with E-state index in [1.54, 1.807) is 36.2 Å². The lowest BCUT2D eigenvalue weighted by Crippen LogP contribution is -2.07. The molecule has 8 aromatic rings. The molecule has 0 aliphatic rings. The fourth-order valence-electron chi connectivity index (χ4n) is 6.14. The number of rotatable bonds is 10. The van der Waals surface area contributed by atoms with Gasteiger partial charge >= 0.3 is 0 Å². The van der Waals surface area contributed by atoms with Crippen LogP contribution in [0.25, 0.3) is 22.1 Å². The predicted octanol–water partition coefficient (Wildman–Crippen LogP) is 10.3. The Labute approximate surface area is 346 Å². The summed E-state index contributed by atoms with van der Waals surface area (Å²) in [6.07, 6.45) is 3.09. The zero-order valence-electron chi connectivity index (χ0n) is 32.9. The monoisotopic (exact) mass is 796 g/mol. The number of hydrogen-bond donors (Lipinski definition) is 2. The molecule has 4 heterocycles. The van der Waals surface area contributed by atoms with Gasteiger partial charge in [-0.25, -0.2) is 29.9 Å². The average molecular weight is 797 g/mol. The standard InChI is InChI=1S/C46H40N10S2/c1-29-7-21-37-43(51-29)47-27-49-45(37)53-39-25-31(11-23-41(39)57-35-17-13-33(14-18-35)55(3)4)9-10-32-12-24-42(58-36-19-15-34(16-20-36)56(5)6)40(26-32)54-46-38-22-8-30(2)52-44(38)48-28-50-46/h7-8,11-28H,1-6H3,(H,47,49,51,53)(H,48,50,52,54). The minimum absolute atomic E-state index is 0.639. The summed E-state index contributed by atoms with van der Waals surface area (Å²) >= 11 is 3.35. The largest absolute Gasteiger partial charge is 0.378 e. The van der Waals surface area contributed by atoms with Crippen LogP contribution in [0, 0.1) is 25.7 Å². The first-order valence-corrected chi connectivity index (χ1v) is 20.2. The number of aryl methyl sites for hydroxylation is 2. The molecule has 0 aliphatic heterocycles. The zero-order chi connectivity index (χ0) is 40.2. The van der Waals surface area contributed by atoms with Crippen molar-refractivity contribution in [2.45, 2.75) is 33.4 Å². The summed E-state index contributed by atoms with van der Waals surface area (Å²) in [5.74, 6) is 8.21. The summed E-state index contributed by atoms with van der Waals surface area (Å²) in [5.41, 5.74) is 8.81. The number of nitrogens with zero attached hydrogens (tertiary/aromatic N) is 8. The Kier molecular flexibility index (Phi) is 11.1. The Balaban J connectivity index is 1.15. The first-order chi connectivity index (χ1) is 28.1. The Hall–Kier alpha value is -6.68. The molecule has 0 amide bonds. The average Bonchev–Trinajstić information content (AvgIpc) is 3.22. The molecule has 0 saturated carbocycles. The highest BCUT2D eigenvalue weighted by molar-refractivity contribution is 7.99. The van der Waals surface area contributed by atoms with E-state index >= 15 is 0 Å². The topological polar surface area (TPSA) is 108 Å². The van der Waals surface area contributed by atoms with Crippen LogP contribution in [0.5, 0.6) is 0 Å². The van der Waals surface area contributed by atoms with Gasteiger partial charge < -0.3 is 20.4 Å². The van der Waals surface area contributed by atoms with E-state index in [-0.39, 0.29) is 0 Å². The van der Waals surface area contributed by atoms with Gasteiger partial charge in [-0.3, -0.25) is 0 Å². The molecule has 0 spiro atoms. The van der Waals surface area contributed by atoms with Gasteiger partial charge in [0.1, 0.15) is 24.3 Å². The maximum absolute atomic E-state index is 4.62. The highest BCUT2D eigenvalue weighted by Crippen LogP contribution is 2.39. The SMILES string of the molecule is Cc1ccc2c(Nc3cc(C#Cc4ccc(Sc5ccc(N(C)C)cc5)c(Nc5ncnc6nc(C)ccc56)c4)ccc3Sc3ccc(N(C)C)cc3)ncnc2n1. The number of aromatic nitrogens is 6. The molecule has 0 unspecified atom stereocenters. The predicted molar refractivity (Wildman–Crippen MR) is 239 cm³/mol. The third kappa shape index (κ3) is 8.81. The molecule has 0 fully saturated rings. The quantitative estimate of drug-likeness (QED) is 0.129. The minimum Gasteiger partial charge on any atom is -0.378 e. The molecule has 0 aliphatic carbocycles. The molecule has 0 bridgehead atoms. The second-order valence-corrected chi connectivity index (χ2v) is 16.2. The Morgan fingerprint density at radius 2 is 0.897 bits per heavy atom. The number of anilines is 6. The van der Waals surface area contributed by atoms with Crippen LogP contribution in [-0.4, -0.2) is 58.1 Å². The van der Waals surface area contributed by atoms with Crippen LogP contribution in [0.1, 0.15) is 22.5 Å². The van der Waals surface area contributed by atoms with Gasteiger partial charge in [0.15, 0.2) is 11.3 Å². The molecule has 286 valence electrons. The lowest BCUT2D eigenvalue weighted by molar-refractivity contribution is 1.13. The molecule has 4 aromatic carbocycles. The highest BCUT2D eigenvalue weighted by atomic mass is 32.2. The van der Waals surface area contributed by atoms with Gasteiger partial charge in [-0.05, 0) is 123 Å². The Morgan fingerprint density at radius 1 is 0.483 bits per heavy atom. The fourth-order valence-corrected chi connectivity index (χ4v) is 7.90. The van der Waals surface area contributed by atoms with Gasteiger partial charge in [0, 0.05) is 81.7 Å². The van der Waals surface area contributed by atoms with Crippen molar-refractivity contribution in [2.75, 3.05) is 48.6 Å². The van der Waals surface area contributed by atoms with Crippen molar-refractivity contribution in [3.8, 4) is 11.8 Å². The van der Waals surface area contributed by atoms with Crippen LogP contribution in [0.4, 0.5) is 34.4 Å². The Morgan fingerprint density at radius 3 is 1.29 bits per heavy atom. The molecular formula is C46H40N10S2. The van der Waals surface area contributed by atoms with E-state index in [1.807, 2.05) is 66.3 Å². The zero-order valence-corrected chi connectivity index (χ0v) is 34.6. The molecule has 2 N–H and O–H groups in total. The minimum atomic E-state index is 0.639. The van der Waals surface area contributed by atoms with Crippen molar-refractivity contribution in [3.63, 3.8) is 0 Å². The molecule has 0 saturated heterocycles. The molecule has 0 radical (unpaired) electrons. The second-order valence-electron chi connectivity index (χ2n) is 14.0. The van der Waals surface area contributed by atoms with Crippen LogP contribution in [-0.2, 0) is 0 Å². The van der Waals surface area contributed by atoms with Crippen LogP contribution >= 0.6 is 23.5 Å². The number of pyridine rings is 2. The third-order valence-corrected chi connectivity index (χ3v) is 11.4. The molecular weight excluding hydrogens is 757 g/mol. The molecule has 4 aromatic heterocycles. The maximum Gasteiger partial charge on any atom is 0.164 e. The normalized spacial score (nSPS) is 10.9. The maximum atomic E-state index is 4.62. The summed E-state index contributed by atoms with van der Waals surface area (Å²) in [6.45, 7) is 3.91. The number of fused-ring (bicyclic) bond motifs is 2. The summed E-state index contributed by atoms with van der Waals surface area (Å²) in [5, 5.41) is 8.87. The third-order valence-electron chi connectivity index (χ3n) is 9.25. The van der Waals surface area contributed by atoms with Crippen LogP contribution < -0.4 is 20.4 Å². The van der Waals surface area contributed by atoms with Crippen molar-refractivity contribution >= 4 is 80.0 Å². The van der Waals surface area contributed by atoms with E-state index in [9.17, 15) is 0 Å². The first-order valence-electron chi connectivity index (χ1n) is 18.6. The van der Waals surface area contributed by atoms with E-state index in [2.05, 4.69) is 147 Å². The van der Waals surface area contributed by atoms with Crippen molar-refractivity contribution in [3.05, 3.63) is 144 Å². The van der Waals surface area contributed by atoms with E-state index in [1.165, 1.54) is 0 Å². The first kappa shape index (κ1) is 38.2. The number of hydrogen-bond acceptors (Lipinski definition) is 12. The van der Waals surface area contributed by atoms with Gasteiger partial charge in [-0.15, -0.1) is 0 Å². The summed E-state index contributed by atoms with van der Waals surface area (Å²) in [4.78, 5) is 35.8. The molecule has 12 heteroatoms. The van der Waals surface area contributed by atoms with E-state index in [0.717, 1.165) is 75.6 Å².